The van der Waals surface area contributed by atoms with Crippen LogP contribution in [0, 0.1) is 5.92 Å². The fraction of sp³-hybridized carbons (Fsp3) is 0.600. The van der Waals surface area contributed by atoms with E-state index in [0.29, 0.717) is 5.92 Å². The summed E-state index contributed by atoms with van der Waals surface area (Å²) >= 11 is 0. The first-order valence-corrected chi connectivity index (χ1v) is 8.67. The van der Waals surface area contributed by atoms with E-state index in [9.17, 15) is 0 Å². The minimum absolute atomic E-state index is 0.176. The Morgan fingerprint density at radius 2 is 1.91 bits per heavy atom. The molecule has 0 aromatic heterocycles. The van der Waals surface area contributed by atoms with Gasteiger partial charge >= 0.3 is 0 Å². The van der Waals surface area contributed by atoms with Gasteiger partial charge in [0.1, 0.15) is 11.4 Å². The number of nitrogens with one attached hydrogen (secondary N) is 1. The molecule has 0 bridgehead atoms. The van der Waals surface area contributed by atoms with Crippen LogP contribution in [0.3, 0.4) is 0 Å². The Kier molecular flexibility index (Phi) is 6.67. The van der Waals surface area contributed by atoms with Crippen LogP contribution in [0.1, 0.15) is 40.5 Å². The number of rotatable bonds is 7. The lowest BCUT2D eigenvalue weighted by atomic mass is 9.94. The van der Waals surface area contributed by atoms with Crippen LogP contribution < -0.4 is 10.1 Å². The van der Waals surface area contributed by atoms with E-state index in [1.54, 1.807) is 0 Å². The number of allylic oxidation sites excluding steroid dienone is 1. The summed E-state index contributed by atoms with van der Waals surface area (Å²) in [5, 5.41) is 3.72. The minimum atomic E-state index is -0.316. The van der Waals surface area contributed by atoms with E-state index in [1.165, 1.54) is 5.57 Å². The molecule has 2 rings (SSSR count). The van der Waals surface area contributed by atoms with Crippen molar-refractivity contribution in [3.63, 3.8) is 0 Å². The molecule has 1 heterocycles. The van der Waals surface area contributed by atoms with Crippen LogP contribution in [0.25, 0.3) is 0 Å². The van der Waals surface area contributed by atoms with Crippen molar-refractivity contribution in [1.82, 2.24) is 5.32 Å². The maximum atomic E-state index is 6.27. The summed E-state index contributed by atoms with van der Waals surface area (Å²) < 4.78 is 11.7. The quantitative estimate of drug-likeness (QED) is 0.765. The van der Waals surface area contributed by atoms with Gasteiger partial charge in [-0.1, -0.05) is 29.8 Å². The van der Waals surface area contributed by atoms with Crippen LogP contribution >= 0.6 is 0 Å². The number of hydrogen-bond acceptors (Lipinski definition) is 3. The van der Waals surface area contributed by atoms with Crippen molar-refractivity contribution in [2.45, 2.75) is 52.2 Å². The van der Waals surface area contributed by atoms with Gasteiger partial charge in [0, 0.05) is 13.2 Å². The standard InChI is InChI=1S/C20H31NO2/c1-16(2)14-19(21-15-17-10-12-22-13-11-17)20(3,4)23-18-8-6-5-7-9-18/h5-9,14,17,19,21H,10-13,15H2,1-4H3. The predicted octanol–water partition coefficient (Wildman–Crippen LogP) is 4.20. The molecular formula is C20H31NO2. The van der Waals surface area contributed by atoms with Gasteiger partial charge < -0.3 is 14.8 Å². The van der Waals surface area contributed by atoms with E-state index >= 15 is 0 Å². The zero-order valence-electron chi connectivity index (χ0n) is 15.0. The molecule has 23 heavy (non-hydrogen) atoms. The van der Waals surface area contributed by atoms with E-state index in [-0.39, 0.29) is 11.6 Å². The molecule has 0 spiro atoms. The average Bonchev–Trinajstić information content (AvgIpc) is 2.52. The summed E-state index contributed by atoms with van der Waals surface area (Å²) in [6.07, 6.45) is 4.57. The molecule has 1 aromatic carbocycles. The number of ether oxygens (including phenoxy) is 2. The van der Waals surface area contributed by atoms with Gasteiger partial charge in [0.15, 0.2) is 0 Å². The highest BCUT2D eigenvalue weighted by atomic mass is 16.5. The molecule has 3 heteroatoms. The Morgan fingerprint density at radius 1 is 1.26 bits per heavy atom. The first kappa shape index (κ1) is 18.0. The van der Waals surface area contributed by atoms with Crippen molar-refractivity contribution < 1.29 is 9.47 Å². The highest BCUT2D eigenvalue weighted by Crippen LogP contribution is 2.23. The number of benzene rings is 1. The molecule has 1 aromatic rings. The second-order valence-corrected chi connectivity index (χ2v) is 7.20. The van der Waals surface area contributed by atoms with Gasteiger partial charge in [-0.25, -0.2) is 0 Å². The fourth-order valence-corrected chi connectivity index (χ4v) is 2.94. The Hall–Kier alpha value is -1.32. The molecule has 0 saturated carbocycles. The monoisotopic (exact) mass is 317 g/mol. The topological polar surface area (TPSA) is 30.5 Å². The Morgan fingerprint density at radius 3 is 2.52 bits per heavy atom. The molecule has 0 amide bonds. The molecule has 128 valence electrons. The smallest absolute Gasteiger partial charge is 0.122 e. The molecule has 1 atom stereocenters. The lowest BCUT2D eigenvalue weighted by molar-refractivity contribution is 0.0552. The molecule has 1 unspecified atom stereocenters. The maximum Gasteiger partial charge on any atom is 0.122 e. The van der Waals surface area contributed by atoms with Crippen LogP contribution in [-0.2, 0) is 4.74 Å². The largest absolute Gasteiger partial charge is 0.486 e. The van der Waals surface area contributed by atoms with E-state index in [0.717, 1.165) is 38.3 Å². The predicted molar refractivity (Wildman–Crippen MR) is 95.9 cm³/mol. The Labute approximate surface area is 141 Å². The zero-order valence-corrected chi connectivity index (χ0v) is 15.0. The van der Waals surface area contributed by atoms with Crippen molar-refractivity contribution in [1.29, 1.82) is 0 Å². The second-order valence-electron chi connectivity index (χ2n) is 7.20. The second kappa shape index (κ2) is 8.51. The SMILES string of the molecule is CC(C)=CC(NCC1CCOCC1)C(C)(C)Oc1ccccc1. The van der Waals surface area contributed by atoms with E-state index in [1.807, 2.05) is 30.3 Å². The Bertz CT molecular complexity index is 486. The van der Waals surface area contributed by atoms with Crippen LogP contribution in [-0.4, -0.2) is 31.4 Å². The van der Waals surface area contributed by atoms with Crippen molar-refractivity contribution >= 4 is 0 Å². The van der Waals surface area contributed by atoms with Crippen molar-refractivity contribution in [3.8, 4) is 5.75 Å². The van der Waals surface area contributed by atoms with Gasteiger partial charge in [0.05, 0.1) is 6.04 Å². The van der Waals surface area contributed by atoms with E-state index in [4.69, 9.17) is 9.47 Å². The highest BCUT2D eigenvalue weighted by Gasteiger charge is 2.30. The summed E-state index contributed by atoms with van der Waals surface area (Å²) in [6, 6.07) is 10.2. The highest BCUT2D eigenvalue weighted by molar-refractivity contribution is 5.23. The first-order chi connectivity index (χ1) is 11.0. The molecule has 1 saturated heterocycles. The van der Waals surface area contributed by atoms with E-state index < -0.39 is 0 Å². The molecule has 1 aliphatic heterocycles. The fourth-order valence-electron chi connectivity index (χ4n) is 2.94. The third-order valence-corrected chi connectivity index (χ3v) is 4.34. The molecule has 0 radical (unpaired) electrons. The van der Waals surface area contributed by atoms with Gasteiger partial charge in [0.25, 0.3) is 0 Å². The summed E-state index contributed by atoms with van der Waals surface area (Å²) in [4.78, 5) is 0. The summed E-state index contributed by atoms with van der Waals surface area (Å²) in [6.45, 7) is 11.4. The summed E-state index contributed by atoms with van der Waals surface area (Å²) in [5.41, 5.74) is 0.989. The zero-order chi connectivity index (χ0) is 16.7. The van der Waals surface area contributed by atoms with E-state index in [2.05, 4.69) is 39.1 Å². The lowest BCUT2D eigenvalue weighted by Crippen LogP contribution is -2.51. The first-order valence-electron chi connectivity index (χ1n) is 8.67. The van der Waals surface area contributed by atoms with Gasteiger partial charge in [-0.2, -0.15) is 0 Å². The average molecular weight is 317 g/mol. The minimum Gasteiger partial charge on any atom is -0.486 e. The summed E-state index contributed by atoms with van der Waals surface area (Å²) in [5.74, 6) is 1.61. The van der Waals surface area contributed by atoms with Crippen LogP contribution in [0.2, 0.25) is 0 Å². The maximum absolute atomic E-state index is 6.27. The molecule has 1 aliphatic rings. The molecule has 1 N–H and O–H groups in total. The van der Waals surface area contributed by atoms with Crippen LogP contribution in [0.15, 0.2) is 42.0 Å². The van der Waals surface area contributed by atoms with Gasteiger partial charge in [-0.05, 0) is 65.1 Å². The van der Waals surface area contributed by atoms with Crippen LogP contribution in [0.4, 0.5) is 0 Å². The molecular weight excluding hydrogens is 286 g/mol. The number of para-hydroxylation sites is 1. The van der Waals surface area contributed by atoms with Crippen molar-refractivity contribution in [2.75, 3.05) is 19.8 Å². The third-order valence-electron chi connectivity index (χ3n) is 4.34. The molecule has 1 fully saturated rings. The summed E-state index contributed by atoms with van der Waals surface area (Å²) in [7, 11) is 0. The van der Waals surface area contributed by atoms with Gasteiger partial charge in [-0.3, -0.25) is 0 Å². The van der Waals surface area contributed by atoms with Crippen LogP contribution in [0.5, 0.6) is 5.75 Å². The van der Waals surface area contributed by atoms with Gasteiger partial charge in [-0.15, -0.1) is 0 Å². The van der Waals surface area contributed by atoms with Crippen molar-refractivity contribution in [2.24, 2.45) is 5.92 Å². The number of hydrogen-bond donors (Lipinski definition) is 1. The van der Waals surface area contributed by atoms with Gasteiger partial charge in [0.2, 0.25) is 0 Å². The molecule has 0 aliphatic carbocycles. The lowest BCUT2D eigenvalue weighted by Gasteiger charge is -2.35. The normalized spacial score (nSPS) is 17.6. The third kappa shape index (κ3) is 6.00. The molecule has 3 nitrogen and oxygen atoms in total. The Balaban J connectivity index is 2.01. The van der Waals surface area contributed by atoms with Crippen molar-refractivity contribution in [3.05, 3.63) is 42.0 Å².